The number of hydrogen-bond acceptors (Lipinski definition) is 4. The molecule has 0 aliphatic carbocycles. The first-order chi connectivity index (χ1) is 10.5. The molecule has 0 bridgehead atoms. The van der Waals surface area contributed by atoms with E-state index in [2.05, 4.69) is 5.32 Å². The number of halogens is 2. The Hall–Kier alpha value is -1.46. The minimum absolute atomic E-state index is 0.0870. The maximum absolute atomic E-state index is 10.1. The molecule has 0 spiro atoms. The summed E-state index contributed by atoms with van der Waals surface area (Å²) in [5, 5.41) is 23.9. The molecule has 3 N–H and O–H groups in total. The van der Waals surface area contributed by atoms with Gasteiger partial charge in [0.1, 0.15) is 0 Å². The van der Waals surface area contributed by atoms with Crippen molar-refractivity contribution in [3.8, 4) is 11.5 Å². The van der Waals surface area contributed by atoms with Crippen molar-refractivity contribution in [1.82, 2.24) is 5.32 Å². The van der Waals surface area contributed by atoms with Gasteiger partial charge in [-0.15, -0.1) is 0 Å². The number of aliphatic hydroxyl groups is 1. The number of hydrogen-bond donors (Lipinski definition) is 3. The van der Waals surface area contributed by atoms with Crippen LogP contribution in [0.15, 0.2) is 36.4 Å². The fraction of sp³-hybridized carbons (Fsp3) is 0.250. The molecular weight excluding hydrogens is 325 g/mol. The number of phenolic OH excluding ortho intramolecular Hbond substituents is 1. The van der Waals surface area contributed by atoms with Crippen LogP contribution in [0.5, 0.6) is 11.5 Å². The zero-order chi connectivity index (χ0) is 16.1. The van der Waals surface area contributed by atoms with Crippen molar-refractivity contribution >= 4 is 23.2 Å². The lowest BCUT2D eigenvalue weighted by Gasteiger charge is -2.13. The van der Waals surface area contributed by atoms with Gasteiger partial charge in [-0.25, -0.2) is 0 Å². The molecule has 0 heterocycles. The lowest BCUT2D eigenvalue weighted by Crippen LogP contribution is -2.21. The van der Waals surface area contributed by atoms with E-state index in [1.807, 2.05) is 6.07 Å². The predicted octanol–water partition coefficient (Wildman–Crippen LogP) is 3.53. The zero-order valence-corrected chi connectivity index (χ0v) is 13.5. The normalized spacial score (nSPS) is 12.2. The molecule has 0 saturated carbocycles. The average Bonchev–Trinajstić information content (AvgIpc) is 2.46. The highest BCUT2D eigenvalue weighted by Crippen LogP contribution is 2.26. The van der Waals surface area contributed by atoms with Gasteiger partial charge >= 0.3 is 0 Å². The first-order valence-electron chi connectivity index (χ1n) is 6.70. The number of aromatic hydroxyl groups is 1. The molecule has 0 radical (unpaired) electrons. The van der Waals surface area contributed by atoms with E-state index < -0.39 is 6.10 Å². The number of phenols is 1. The summed E-state index contributed by atoms with van der Waals surface area (Å²) in [6, 6.07) is 10.1. The van der Waals surface area contributed by atoms with E-state index in [0.29, 0.717) is 34.4 Å². The predicted molar refractivity (Wildman–Crippen MR) is 87.8 cm³/mol. The lowest BCUT2D eigenvalue weighted by atomic mass is 10.1. The molecule has 2 aromatic rings. The average molecular weight is 342 g/mol. The largest absolute Gasteiger partial charge is 0.504 e. The molecule has 0 aromatic heterocycles. The van der Waals surface area contributed by atoms with Gasteiger partial charge in [0, 0.05) is 23.1 Å². The Morgan fingerprint density at radius 1 is 1.14 bits per heavy atom. The molecule has 0 saturated heterocycles. The number of ether oxygens (including phenoxy) is 1. The maximum atomic E-state index is 10.1. The van der Waals surface area contributed by atoms with Crippen molar-refractivity contribution < 1.29 is 14.9 Å². The van der Waals surface area contributed by atoms with Crippen molar-refractivity contribution in [1.29, 1.82) is 0 Å². The Bertz CT molecular complexity index is 629. The fourth-order valence-electron chi connectivity index (χ4n) is 2.08. The molecule has 118 valence electrons. The highest BCUT2D eigenvalue weighted by atomic mass is 35.5. The summed E-state index contributed by atoms with van der Waals surface area (Å²) in [5.74, 6) is 0.515. The summed E-state index contributed by atoms with van der Waals surface area (Å²) in [6.07, 6.45) is -0.719. The highest BCUT2D eigenvalue weighted by Gasteiger charge is 2.09. The molecule has 6 heteroatoms. The quantitative estimate of drug-likeness (QED) is 0.752. The third kappa shape index (κ3) is 4.52. The number of methoxy groups -OCH3 is 1. The molecule has 0 fully saturated rings. The summed E-state index contributed by atoms with van der Waals surface area (Å²) in [5.41, 5.74) is 1.54. The van der Waals surface area contributed by atoms with Crippen LogP contribution < -0.4 is 10.1 Å². The van der Waals surface area contributed by atoms with Crippen LogP contribution in [0, 0.1) is 0 Å². The SMILES string of the molecule is COc1ccc(CNCC(O)c2cc(Cl)cc(Cl)c2)cc1O. The van der Waals surface area contributed by atoms with E-state index in [1.165, 1.54) is 7.11 Å². The second kappa shape index (κ2) is 7.70. The van der Waals surface area contributed by atoms with Gasteiger partial charge in [-0.1, -0.05) is 29.3 Å². The zero-order valence-electron chi connectivity index (χ0n) is 12.0. The smallest absolute Gasteiger partial charge is 0.160 e. The second-order valence-corrected chi connectivity index (χ2v) is 5.73. The van der Waals surface area contributed by atoms with E-state index in [0.717, 1.165) is 5.56 Å². The molecule has 2 rings (SSSR count). The Morgan fingerprint density at radius 2 is 1.82 bits per heavy atom. The van der Waals surface area contributed by atoms with Crippen LogP contribution in [0.25, 0.3) is 0 Å². The monoisotopic (exact) mass is 341 g/mol. The van der Waals surface area contributed by atoms with Gasteiger partial charge in [-0.2, -0.15) is 0 Å². The summed E-state index contributed by atoms with van der Waals surface area (Å²) in [6.45, 7) is 0.840. The van der Waals surface area contributed by atoms with E-state index in [1.54, 1.807) is 30.3 Å². The minimum Gasteiger partial charge on any atom is -0.504 e. The summed E-state index contributed by atoms with van der Waals surface area (Å²) in [4.78, 5) is 0. The van der Waals surface area contributed by atoms with Gasteiger partial charge in [-0.05, 0) is 41.5 Å². The number of benzene rings is 2. The number of aliphatic hydroxyl groups excluding tert-OH is 1. The Balaban J connectivity index is 1.91. The Morgan fingerprint density at radius 3 is 2.41 bits per heavy atom. The van der Waals surface area contributed by atoms with Crippen molar-refractivity contribution in [3.63, 3.8) is 0 Å². The standard InChI is InChI=1S/C16H17Cl2NO3/c1-22-16-3-2-10(4-14(16)20)8-19-9-15(21)11-5-12(17)7-13(18)6-11/h2-7,15,19-21H,8-9H2,1H3. The van der Waals surface area contributed by atoms with Crippen LogP contribution in [0.2, 0.25) is 10.0 Å². The van der Waals surface area contributed by atoms with Gasteiger partial charge in [0.25, 0.3) is 0 Å². The second-order valence-electron chi connectivity index (χ2n) is 4.86. The van der Waals surface area contributed by atoms with Gasteiger partial charge in [-0.3, -0.25) is 0 Å². The molecule has 0 amide bonds. The van der Waals surface area contributed by atoms with Crippen molar-refractivity contribution in [2.24, 2.45) is 0 Å². The number of nitrogens with one attached hydrogen (secondary N) is 1. The molecule has 2 aromatic carbocycles. The summed E-state index contributed by atoms with van der Waals surface area (Å²) >= 11 is 11.8. The van der Waals surface area contributed by atoms with Crippen LogP contribution in [0.1, 0.15) is 17.2 Å². The molecule has 4 nitrogen and oxygen atoms in total. The van der Waals surface area contributed by atoms with Gasteiger partial charge in [0.2, 0.25) is 0 Å². The van der Waals surface area contributed by atoms with Crippen LogP contribution in [-0.4, -0.2) is 23.9 Å². The van der Waals surface area contributed by atoms with Gasteiger partial charge in [0.15, 0.2) is 11.5 Å². The van der Waals surface area contributed by atoms with E-state index >= 15 is 0 Å². The van der Waals surface area contributed by atoms with Gasteiger partial charge < -0.3 is 20.3 Å². The molecule has 1 unspecified atom stereocenters. The molecule has 0 aliphatic heterocycles. The van der Waals surface area contributed by atoms with Crippen LogP contribution in [0.4, 0.5) is 0 Å². The third-order valence-corrected chi connectivity index (χ3v) is 3.62. The molecule has 0 aliphatic rings. The lowest BCUT2D eigenvalue weighted by molar-refractivity contribution is 0.174. The van der Waals surface area contributed by atoms with Crippen molar-refractivity contribution in [2.45, 2.75) is 12.6 Å². The number of rotatable bonds is 6. The van der Waals surface area contributed by atoms with E-state index in [-0.39, 0.29) is 5.75 Å². The topological polar surface area (TPSA) is 61.7 Å². The molecule has 22 heavy (non-hydrogen) atoms. The first-order valence-corrected chi connectivity index (χ1v) is 7.46. The minimum atomic E-state index is -0.719. The van der Waals surface area contributed by atoms with Crippen LogP contribution >= 0.6 is 23.2 Å². The van der Waals surface area contributed by atoms with E-state index in [4.69, 9.17) is 27.9 Å². The summed E-state index contributed by atoms with van der Waals surface area (Å²) < 4.78 is 4.99. The third-order valence-electron chi connectivity index (χ3n) is 3.18. The summed E-state index contributed by atoms with van der Waals surface area (Å²) in [7, 11) is 1.50. The van der Waals surface area contributed by atoms with Gasteiger partial charge in [0.05, 0.1) is 13.2 Å². The Kier molecular flexibility index (Phi) is 5.91. The van der Waals surface area contributed by atoms with Crippen LogP contribution in [-0.2, 0) is 6.54 Å². The fourth-order valence-corrected chi connectivity index (χ4v) is 2.63. The molecule has 1 atom stereocenters. The van der Waals surface area contributed by atoms with Crippen molar-refractivity contribution in [2.75, 3.05) is 13.7 Å². The first kappa shape index (κ1) is 16.9. The van der Waals surface area contributed by atoms with Crippen LogP contribution in [0.3, 0.4) is 0 Å². The van der Waals surface area contributed by atoms with E-state index in [9.17, 15) is 10.2 Å². The van der Waals surface area contributed by atoms with Crippen molar-refractivity contribution in [3.05, 3.63) is 57.6 Å². The maximum Gasteiger partial charge on any atom is 0.160 e. The highest BCUT2D eigenvalue weighted by molar-refractivity contribution is 6.34. The molecular formula is C16H17Cl2NO3. The Labute approximate surface area is 139 Å².